The van der Waals surface area contributed by atoms with E-state index < -0.39 is 42.5 Å². The number of esters is 3. The van der Waals surface area contributed by atoms with Crippen LogP contribution in [0.2, 0.25) is 0 Å². The lowest BCUT2D eigenvalue weighted by Crippen LogP contribution is -2.40. The fourth-order valence-electron chi connectivity index (χ4n) is 1.72. The Morgan fingerprint density at radius 1 is 0.833 bits per heavy atom. The molecule has 1 saturated heterocycles. The van der Waals surface area contributed by atoms with E-state index in [-0.39, 0.29) is 0 Å². The van der Waals surface area contributed by atoms with Gasteiger partial charge in [0.15, 0.2) is 6.10 Å². The van der Waals surface area contributed by atoms with Crippen LogP contribution in [-0.4, -0.2) is 42.5 Å². The fourth-order valence-corrected chi connectivity index (χ4v) is 1.72. The molecule has 102 valence electrons. The van der Waals surface area contributed by atoms with Crippen molar-refractivity contribution in [3.63, 3.8) is 0 Å². The van der Waals surface area contributed by atoms with E-state index in [0.29, 0.717) is 0 Å². The molecule has 18 heavy (non-hydrogen) atoms. The van der Waals surface area contributed by atoms with Gasteiger partial charge in [-0.15, -0.1) is 0 Å². The van der Waals surface area contributed by atoms with Crippen LogP contribution < -0.4 is 0 Å². The van der Waals surface area contributed by atoms with Crippen molar-refractivity contribution < 1.29 is 33.3 Å². The molecule has 1 heterocycles. The number of carbonyl (C=O) groups is 3. The Labute approximate surface area is 104 Å². The first-order valence-corrected chi connectivity index (χ1v) is 5.48. The van der Waals surface area contributed by atoms with Crippen LogP contribution in [-0.2, 0) is 33.3 Å². The quantitative estimate of drug-likeness (QED) is 0.527. The van der Waals surface area contributed by atoms with E-state index in [1.54, 1.807) is 6.92 Å². The molecule has 1 aliphatic rings. The van der Waals surface area contributed by atoms with Gasteiger partial charge < -0.3 is 18.9 Å². The second kappa shape index (κ2) is 5.81. The topological polar surface area (TPSA) is 88.1 Å². The summed E-state index contributed by atoms with van der Waals surface area (Å²) < 4.78 is 20.2. The number of rotatable bonds is 3. The highest BCUT2D eigenvalue weighted by Crippen LogP contribution is 2.27. The normalized spacial score (nSPS) is 30.7. The molecule has 0 radical (unpaired) electrons. The third kappa shape index (κ3) is 3.69. The van der Waals surface area contributed by atoms with Gasteiger partial charge in [-0.2, -0.15) is 0 Å². The molecular weight excluding hydrogens is 244 g/mol. The maximum absolute atomic E-state index is 11.0. The smallest absolute Gasteiger partial charge is 0.305 e. The largest absolute Gasteiger partial charge is 0.456 e. The van der Waals surface area contributed by atoms with Gasteiger partial charge in [0.25, 0.3) is 0 Å². The van der Waals surface area contributed by atoms with Gasteiger partial charge in [-0.05, 0) is 6.92 Å². The number of hydrogen-bond donors (Lipinski definition) is 0. The summed E-state index contributed by atoms with van der Waals surface area (Å²) in [5.41, 5.74) is 0. The first-order valence-electron chi connectivity index (χ1n) is 5.48. The molecule has 0 spiro atoms. The van der Waals surface area contributed by atoms with Gasteiger partial charge in [0.2, 0.25) is 12.4 Å². The summed E-state index contributed by atoms with van der Waals surface area (Å²) >= 11 is 0. The number of hydrogen-bond acceptors (Lipinski definition) is 7. The lowest BCUT2D eigenvalue weighted by atomic mass is 10.1. The summed E-state index contributed by atoms with van der Waals surface area (Å²) in [7, 11) is 0. The molecule has 7 heteroatoms. The summed E-state index contributed by atoms with van der Waals surface area (Å²) in [6.45, 7) is 5.28. The molecule has 0 N–H and O–H groups in total. The molecule has 0 unspecified atom stereocenters. The summed E-state index contributed by atoms with van der Waals surface area (Å²) in [4.78, 5) is 32.9. The second-order valence-corrected chi connectivity index (χ2v) is 3.97. The highest BCUT2D eigenvalue weighted by molar-refractivity contribution is 5.68. The van der Waals surface area contributed by atoms with Gasteiger partial charge in [0.05, 0.1) is 6.10 Å². The maximum Gasteiger partial charge on any atom is 0.305 e. The minimum Gasteiger partial charge on any atom is -0.456 e. The molecule has 0 bridgehead atoms. The van der Waals surface area contributed by atoms with Crippen LogP contribution in [0.1, 0.15) is 27.7 Å². The molecule has 1 fully saturated rings. The van der Waals surface area contributed by atoms with Crippen LogP contribution in [0.5, 0.6) is 0 Å². The van der Waals surface area contributed by atoms with Gasteiger partial charge in [-0.1, -0.05) is 0 Å². The van der Waals surface area contributed by atoms with Crippen molar-refractivity contribution in [1.29, 1.82) is 0 Å². The summed E-state index contributed by atoms with van der Waals surface area (Å²) in [5.74, 6) is -1.68. The third-order valence-electron chi connectivity index (χ3n) is 2.29. The molecule has 0 saturated carbocycles. The van der Waals surface area contributed by atoms with E-state index in [9.17, 15) is 14.4 Å². The summed E-state index contributed by atoms with van der Waals surface area (Å²) in [5, 5.41) is 0. The zero-order valence-electron chi connectivity index (χ0n) is 10.7. The van der Waals surface area contributed by atoms with Crippen LogP contribution >= 0.6 is 0 Å². The molecular formula is C11H16O7. The molecule has 4 atom stereocenters. The van der Waals surface area contributed by atoms with E-state index in [2.05, 4.69) is 0 Å². The minimum absolute atomic E-state index is 0.531. The van der Waals surface area contributed by atoms with E-state index in [1.807, 2.05) is 0 Å². The first kappa shape index (κ1) is 14.4. The molecule has 0 aromatic rings. The van der Waals surface area contributed by atoms with Crippen LogP contribution in [0.4, 0.5) is 0 Å². The average Bonchev–Trinajstić information content (AvgIpc) is 2.43. The monoisotopic (exact) mass is 260 g/mol. The van der Waals surface area contributed by atoms with Crippen molar-refractivity contribution in [2.75, 3.05) is 0 Å². The Bertz CT molecular complexity index is 351. The fraction of sp³-hybridized carbons (Fsp3) is 0.727. The Morgan fingerprint density at radius 3 is 1.72 bits per heavy atom. The number of carbonyl (C=O) groups excluding carboxylic acids is 3. The van der Waals surface area contributed by atoms with Crippen molar-refractivity contribution in [2.24, 2.45) is 0 Å². The van der Waals surface area contributed by atoms with Gasteiger partial charge in [0.1, 0.15) is 0 Å². The van der Waals surface area contributed by atoms with Crippen molar-refractivity contribution in [2.45, 2.75) is 52.3 Å². The van der Waals surface area contributed by atoms with Crippen LogP contribution in [0.25, 0.3) is 0 Å². The van der Waals surface area contributed by atoms with E-state index >= 15 is 0 Å². The second-order valence-electron chi connectivity index (χ2n) is 3.97. The van der Waals surface area contributed by atoms with Crippen LogP contribution in [0.15, 0.2) is 0 Å². The molecule has 0 aromatic heterocycles. The zero-order chi connectivity index (χ0) is 13.9. The molecule has 0 amide bonds. The van der Waals surface area contributed by atoms with Crippen molar-refractivity contribution in [1.82, 2.24) is 0 Å². The Hall–Kier alpha value is -1.63. The highest BCUT2D eigenvalue weighted by atomic mass is 16.7. The molecule has 1 rings (SSSR count). The molecule has 7 nitrogen and oxygen atoms in total. The average molecular weight is 260 g/mol. The van der Waals surface area contributed by atoms with E-state index in [0.717, 1.165) is 0 Å². The van der Waals surface area contributed by atoms with Crippen molar-refractivity contribution in [3.05, 3.63) is 0 Å². The third-order valence-corrected chi connectivity index (χ3v) is 2.29. The minimum atomic E-state index is -1.06. The lowest BCUT2D eigenvalue weighted by Gasteiger charge is -2.22. The molecule has 1 aliphatic heterocycles. The predicted octanol–water partition coefficient (Wildman–Crippen LogP) is 0.158. The SMILES string of the molecule is CC(=O)O[C@H]1O[C@H](C)[C@H](OC(C)=O)[C@@H]1OC(C)=O. The maximum atomic E-state index is 11.0. The molecule has 0 aromatic carbocycles. The zero-order valence-corrected chi connectivity index (χ0v) is 10.7. The van der Waals surface area contributed by atoms with Crippen molar-refractivity contribution >= 4 is 17.9 Å². The molecule has 0 aliphatic carbocycles. The Kier molecular flexibility index (Phi) is 4.66. The van der Waals surface area contributed by atoms with Crippen LogP contribution in [0, 0.1) is 0 Å². The van der Waals surface area contributed by atoms with E-state index in [4.69, 9.17) is 18.9 Å². The van der Waals surface area contributed by atoms with Gasteiger partial charge in [-0.25, -0.2) is 0 Å². The standard InChI is InChI=1S/C11H16O7/c1-5-9(16-6(2)12)10(17-7(3)13)11(15-5)18-8(4)14/h5,9-11H,1-4H3/t5-,9+,10+,11-/m1/s1. The van der Waals surface area contributed by atoms with Crippen molar-refractivity contribution in [3.8, 4) is 0 Å². The number of ether oxygens (including phenoxy) is 4. The predicted molar refractivity (Wildman–Crippen MR) is 57.2 cm³/mol. The van der Waals surface area contributed by atoms with Gasteiger partial charge in [0, 0.05) is 20.8 Å². The summed E-state index contributed by atoms with van der Waals surface area (Å²) in [6.07, 6.45) is -3.35. The Morgan fingerprint density at radius 2 is 1.28 bits per heavy atom. The van der Waals surface area contributed by atoms with Crippen LogP contribution in [0.3, 0.4) is 0 Å². The van der Waals surface area contributed by atoms with E-state index in [1.165, 1.54) is 20.8 Å². The van der Waals surface area contributed by atoms with Gasteiger partial charge in [-0.3, -0.25) is 14.4 Å². The summed E-state index contributed by atoms with van der Waals surface area (Å²) in [6, 6.07) is 0. The lowest BCUT2D eigenvalue weighted by molar-refractivity contribution is -0.194. The van der Waals surface area contributed by atoms with Gasteiger partial charge >= 0.3 is 17.9 Å². The first-order chi connectivity index (χ1) is 8.31. The Balaban J connectivity index is 2.83. The highest BCUT2D eigenvalue weighted by Gasteiger charge is 2.49.